The van der Waals surface area contributed by atoms with Gasteiger partial charge in [-0.3, -0.25) is 4.98 Å². The zero-order valence-corrected chi connectivity index (χ0v) is 25.3. The molecule has 10 heteroatoms. The Morgan fingerprint density at radius 3 is 2.43 bits per heavy atom. The Morgan fingerprint density at radius 2 is 1.68 bits per heavy atom. The molecular formula is C34H37F3N4O2S. The minimum atomic E-state index is -4.37. The Morgan fingerprint density at radius 1 is 0.909 bits per heavy atom. The van der Waals surface area contributed by atoms with Crippen LogP contribution < -0.4 is 10.2 Å². The van der Waals surface area contributed by atoms with Crippen LogP contribution in [0.1, 0.15) is 42.4 Å². The van der Waals surface area contributed by atoms with Gasteiger partial charge in [0.05, 0.1) is 11.1 Å². The average Bonchev–Trinajstić information content (AvgIpc) is 3.02. The Bertz CT molecular complexity index is 1540. The third-order valence-electron chi connectivity index (χ3n) is 7.90. The standard InChI is InChI=1S/C34H37F3N4O2S/c35-34(36,37)27-10-12-29-30(24-27)39-16-14-32(29)44-21-7-2-1-6-15-38-28-11-13-31(40-17-19-41(20-18-40)33(42)43)26(23-28)22-25-8-4-3-5-9-25/h3-5,8-14,16,23-24,38H,1-2,6-7,15,17-22H2,(H,42,43). The van der Waals surface area contributed by atoms with Gasteiger partial charge in [-0.1, -0.05) is 49.2 Å². The normalized spacial score (nSPS) is 13.8. The van der Waals surface area contributed by atoms with Crippen LogP contribution in [0.5, 0.6) is 0 Å². The third kappa shape index (κ3) is 8.37. The number of thioether (sulfide) groups is 1. The highest BCUT2D eigenvalue weighted by Gasteiger charge is 2.30. The summed E-state index contributed by atoms with van der Waals surface area (Å²) in [5.41, 5.74) is 4.39. The number of piperazine rings is 1. The van der Waals surface area contributed by atoms with Gasteiger partial charge in [-0.05, 0) is 72.5 Å². The highest BCUT2D eigenvalue weighted by molar-refractivity contribution is 7.99. The molecule has 0 radical (unpaired) electrons. The van der Waals surface area contributed by atoms with Gasteiger partial charge in [0.15, 0.2) is 0 Å². The summed E-state index contributed by atoms with van der Waals surface area (Å²) in [4.78, 5) is 20.2. The number of nitrogens with zero attached hydrogens (tertiary/aromatic N) is 3. The topological polar surface area (TPSA) is 68.7 Å². The molecule has 2 heterocycles. The van der Waals surface area contributed by atoms with E-state index in [1.54, 1.807) is 18.0 Å². The van der Waals surface area contributed by atoms with Crippen molar-refractivity contribution in [3.8, 4) is 0 Å². The molecule has 3 aromatic carbocycles. The van der Waals surface area contributed by atoms with Crippen LogP contribution in [-0.4, -0.2) is 59.6 Å². The highest BCUT2D eigenvalue weighted by atomic mass is 32.2. The van der Waals surface area contributed by atoms with Crippen molar-refractivity contribution < 1.29 is 23.1 Å². The number of carbonyl (C=O) groups is 1. The molecule has 1 aliphatic rings. The van der Waals surface area contributed by atoms with E-state index < -0.39 is 17.8 Å². The van der Waals surface area contributed by atoms with Crippen LogP contribution in [0.3, 0.4) is 0 Å². The number of nitrogens with one attached hydrogen (secondary N) is 1. The number of carboxylic acid groups (broad SMARTS) is 1. The molecule has 0 aliphatic carbocycles. The first-order chi connectivity index (χ1) is 21.3. The Labute approximate surface area is 260 Å². The van der Waals surface area contributed by atoms with Gasteiger partial charge in [0.25, 0.3) is 0 Å². The molecule has 6 nitrogen and oxygen atoms in total. The molecule has 1 saturated heterocycles. The molecule has 4 aromatic rings. The van der Waals surface area contributed by atoms with Crippen LogP contribution in [-0.2, 0) is 12.6 Å². The number of hydrogen-bond donors (Lipinski definition) is 2. The zero-order chi connectivity index (χ0) is 30.9. The quantitative estimate of drug-likeness (QED) is 0.122. The largest absolute Gasteiger partial charge is 0.465 e. The lowest BCUT2D eigenvalue weighted by Crippen LogP contribution is -2.48. The van der Waals surface area contributed by atoms with Crippen molar-refractivity contribution in [3.63, 3.8) is 0 Å². The predicted octanol–water partition coefficient (Wildman–Crippen LogP) is 8.41. The number of anilines is 2. The fourth-order valence-electron chi connectivity index (χ4n) is 5.52. The second-order valence-electron chi connectivity index (χ2n) is 11.0. The summed E-state index contributed by atoms with van der Waals surface area (Å²) in [5, 5.41) is 13.7. The van der Waals surface area contributed by atoms with Gasteiger partial charge in [-0.2, -0.15) is 13.2 Å². The molecule has 1 fully saturated rings. The lowest BCUT2D eigenvalue weighted by atomic mass is 10.0. The summed E-state index contributed by atoms with van der Waals surface area (Å²) in [6, 6.07) is 22.5. The number of amides is 1. The van der Waals surface area contributed by atoms with Crippen LogP contribution in [0, 0.1) is 0 Å². The molecule has 0 unspecified atom stereocenters. The van der Waals surface area contributed by atoms with Crippen LogP contribution >= 0.6 is 11.8 Å². The first-order valence-corrected chi connectivity index (χ1v) is 16.0. The van der Waals surface area contributed by atoms with Gasteiger partial charge in [-0.15, -0.1) is 11.8 Å². The number of hydrogen-bond acceptors (Lipinski definition) is 5. The van der Waals surface area contributed by atoms with Crippen LogP contribution in [0.25, 0.3) is 10.9 Å². The maximum atomic E-state index is 13.0. The second kappa shape index (κ2) is 14.7. The second-order valence-corrected chi connectivity index (χ2v) is 12.1. The summed E-state index contributed by atoms with van der Waals surface area (Å²) in [7, 11) is 0. The third-order valence-corrected chi connectivity index (χ3v) is 9.06. The van der Waals surface area contributed by atoms with Gasteiger partial charge in [0.2, 0.25) is 0 Å². The van der Waals surface area contributed by atoms with E-state index in [-0.39, 0.29) is 0 Å². The minimum Gasteiger partial charge on any atom is -0.465 e. The van der Waals surface area contributed by atoms with Crippen molar-refractivity contribution >= 4 is 40.1 Å². The van der Waals surface area contributed by atoms with Crippen LogP contribution in [0.2, 0.25) is 0 Å². The number of alkyl halides is 3. The molecule has 232 valence electrons. The first kappa shape index (κ1) is 31.5. The first-order valence-electron chi connectivity index (χ1n) is 15.0. The van der Waals surface area contributed by atoms with Crippen molar-refractivity contribution in [3.05, 3.63) is 95.7 Å². The molecule has 5 rings (SSSR count). The van der Waals surface area contributed by atoms with E-state index in [1.165, 1.54) is 22.1 Å². The molecule has 0 saturated carbocycles. The molecular weight excluding hydrogens is 585 g/mol. The van der Waals surface area contributed by atoms with E-state index in [0.29, 0.717) is 31.7 Å². The fourth-order valence-corrected chi connectivity index (χ4v) is 6.57. The van der Waals surface area contributed by atoms with Gasteiger partial charge < -0.3 is 20.2 Å². The van der Waals surface area contributed by atoms with Crippen molar-refractivity contribution in [1.82, 2.24) is 9.88 Å². The summed E-state index contributed by atoms with van der Waals surface area (Å²) < 4.78 is 39.1. The van der Waals surface area contributed by atoms with E-state index in [4.69, 9.17) is 0 Å². The number of benzene rings is 3. The molecule has 2 N–H and O–H groups in total. The van der Waals surface area contributed by atoms with Gasteiger partial charge in [0, 0.05) is 60.6 Å². The van der Waals surface area contributed by atoms with Crippen molar-refractivity contribution in [2.75, 3.05) is 48.7 Å². The number of fused-ring (bicyclic) bond motifs is 1. The minimum absolute atomic E-state index is 0.372. The van der Waals surface area contributed by atoms with E-state index in [0.717, 1.165) is 78.2 Å². The van der Waals surface area contributed by atoms with Crippen molar-refractivity contribution in [2.24, 2.45) is 0 Å². The molecule has 0 bridgehead atoms. The lowest BCUT2D eigenvalue weighted by Gasteiger charge is -2.36. The SMILES string of the molecule is O=C(O)N1CCN(c2ccc(NCCCCCCSc3ccnc4cc(C(F)(F)F)ccc34)cc2Cc2ccccc2)CC1. The maximum absolute atomic E-state index is 13.0. The van der Waals surface area contributed by atoms with E-state index in [2.05, 4.69) is 45.5 Å². The van der Waals surface area contributed by atoms with E-state index >= 15 is 0 Å². The lowest BCUT2D eigenvalue weighted by molar-refractivity contribution is -0.137. The molecule has 1 amide bonds. The number of aromatic nitrogens is 1. The molecule has 0 spiro atoms. The number of pyridine rings is 1. The maximum Gasteiger partial charge on any atom is 0.416 e. The smallest absolute Gasteiger partial charge is 0.416 e. The average molecular weight is 623 g/mol. The Balaban J connectivity index is 1.09. The van der Waals surface area contributed by atoms with Crippen LogP contribution in [0.15, 0.2) is 83.9 Å². The summed E-state index contributed by atoms with van der Waals surface area (Å²) in [6.45, 7) is 3.22. The number of unbranched alkanes of at least 4 members (excludes halogenated alkanes) is 3. The van der Waals surface area contributed by atoms with Gasteiger partial charge in [-0.25, -0.2) is 4.79 Å². The van der Waals surface area contributed by atoms with E-state index in [1.807, 2.05) is 24.3 Å². The molecule has 1 aromatic heterocycles. The van der Waals surface area contributed by atoms with Gasteiger partial charge >= 0.3 is 12.3 Å². The summed E-state index contributed by atoms with van der Waals surface area (Å²) >= 11 is 1.67. The predicted molar refractivity (Wildman–Crippen MR) is 172 cm³/mol. The number of rotatable bonds is 12. The molecule has 0 atom stereocenters. The van der Waals surface area contributed by atoms with Gasteiger partial charge in [0.1, 0.15) is 0 Å². The van der Waals surface area contributed by atoms with Crippen molar-refractivity contribution in [2.45, 2.75) is 43.2 Å². The van der Waals surface area contributed by atoms with E-state index in [9.17, 15) is 23.1 Å². The fraction of sp³-hybridized carbons (Fsp3) is 0.353. The Hall–Kier alpha value is -3.92. The summed E-state index contributed by atoms with van der Waals surface area (Å²) in [6.07, 6.45) is 1.38. The number of halogens is 3. The monoisotopic (exact) mass is 622 g/mol. The Kier molecular flexibility index (Phi) is 10.5. The zero-order valence-electron chi connectivity index (χ0n) is 24.5. The molecule has 44 heavy (non-hydrogen) atoms. The van der Waals surface area contributed by atoms with Crippen molar-refractivity contribution in [1.29, 1.82) is 0 Å². The summed E-state index contributed by atoms with van der Waals surface area (Å²) in [5.74, 6) is 0.901. The highest BCUT2D eigenvalue weighted by Crippen LogP contribution is 2.34. The van der Waals surface area contributed by atoms with Crippen LogP contribution in [0.4, 0.5) is 29.3 Å². The molecule has 1 aliphatic heterocycles.